The second-order valence-corrected chi connectivity index (χ2v) is 8.52. The molecule has 1 fully saturated rings. The molecule has 156 valence electrons. The number of hydrogen-bond donors (Lipinski definition) is 2. The van der Waals surface area contributed by atoms with Crippen molar-refractivity contribution >= 4 is 40.7 Å². The fraction of sp³-hybridized carbons (Fsp3) is 0.579. The first kappa shape index (κ1) is 22.9. The van der Waals surface area contributed by atoms with Crippen LogP contribution in [0.4, 0.5) is 5.69 Å². The van der Waals surface area contributed by atoms with Crippen LogP contribution in [-0.4, -0.2) is 84.8 Å². The third-order valence-corrected chi connectivity index (χ3v) is 5.77. The van der Waals surface area contributed by atoms with E-state index in [4.69, 9.17) is 23.2 Å². The van der Waals surface area contributed by atoms with Gasteiger partial charge in [0.05, 0.1) is 11.5 Å². The molecular formula is C19H29Cl2N5O2. The molecule has 28 heavy (non-hydrogen) atoms. The molecule has 2 N–H and O–H groups in total. The Morgan fingerprint density at radius 2 is 1.93 bits per heavy atom. The second-order valence-electron chi connectivity index (χ2n) is 7.55. The van der Waals surface area contributed by atoms with Crippen LogP contribution in [0.3, 0.4) is 0 Å². The van der Waals surface area contributed by atoms with Gasteiger partial charge in [-0.25, -0.2) is 5.43 Å². The lowest BCUT2D eigenvalue weighted by atomic mass is 10.0. The molecule has 1 aromatic rings. The zero-order valence-electron chi connectivity index (χ0n) is 17.0. The standard InChI is InChI=1S/C19H29Cl2N5O2/c1-12-6-7-14(10-13(12)8-9-24(2)3)22-15(27)11-26-19(28)17(21)16(20)18(23-26)25(4)5/h6-7,10,16-18,23H,8-9,11H2,1-5H3,(H,22,27). The SMILES string of the molecule is Cc1ccc(NC(=O)CN2NC(N(C)C)C(Cl)C(Cl)C2=O)cc1CCN(C)C. The molecule has 0 aromatic heterocycles. The van der Waals surface area contributed by atoms with Gasteiger partial charge in [-0.1, -0.05) is 6.07 Å². The number of carbonyl (C=O) groups excluding carboxylic acids is 2. The number of nitrogens with one attached hydrogen (secondary N) is 2. The highest BCUT2D eigenvalue weighted by molar-refractivity contribution is 6.38. The van der Waals surface area contributed by atoms with Crippen molar-refractivity contribution in [3.05, 3.63) is 29.3 Å². The van der Waals surface area contributed by atoms with Gasteiger partial charge in [-0.05, 0) is 64.8 Å². The minimum Gasteiger partial charge on any atom is -0.324 e. The van der Waals surface area contributed by atoms with E-state index in [1.165, 1.54) is 16.1 Å². The van der Waals surface area contributed by atoms with Gasteiger partial charge in [0.2, 0.25) is 5.91 Å². The molecule has 1 heterocycles. The van der Waals surface area contributed by atoms with Gasteiger partial charge < -0.3 is 10.2 Å². The number of amides is 2. The van der Waals surface area contributed by atoms with E-state index >= 15 is 0 Å². The molecule has 0 aliphatic carbocycles. The lowest BCUT2D eigenvalue weighted by molar-refractivity contribution is -0.143. The number of hydrogen-bond acceptors (Lipinski definition) is 5. The first-order valence-corrected chi connectivity index (χ1v) is 10.0. The normalized spacial score (nSPS) is 22.8. The summed E-state index contributed by atoms with van der Waals surface area (Å²) in [6.07, 6.45) is 0.538. The van der Waals surface area contributed by atoms with E-state index in [2.05, 4.69) is 22.6 Å². The van der Waals surface area contributed by atoms with Crippen LogP contribution in [-0.2, 0) is 16.0 Å². The molecule has 0 saturated carbocycles. The molecule has 0 radical (unpaired) electrons. The Morgan fingerprint density at radius 1 is 1.25 bits per heavy atom. The third-order valence-electron chi connectivity index (χ3n) is 4.69. The quantitative estimate of drug-likeness (QED) is 0.642. The van der Waals surface area contributed by atoms with Crippen LogP contribution >= 0.6 is 23.2 Å². The largest absolute Gasteiger partial charge is 0.324 e. The van der Waals surface area contributed by atoms with E-state index in [0.29, 0.717) is 5.69 Å². The van der Waals surface area contributed by atoms with Crippen LogP contribution in [0.5, 0.6) is 0 Å². The fourth-order valence-corrected chi connectivity index (χ4v) is 3.62. The van der Waals surface area contributed by atoms with Gasteiger partial charge in [0.1, 0.15) is 11.9 Å². The summed E-state index contributed by atoms with van der Waals surface area (Å²) in [5.41, 5.74) is 6.04. The van der Waals surface area contributed by atoms with Gasteiger partial charge in [-0.3, -0.25) is 19.5 Å². The summed E-state index contributed by atoms with van der Waals surface area (Å²) in [5, 5.41) is 2.59. The molecule has 1 saturated heterocycles. The number of hydrazine groups is 1. The van der Waals surface area contributed by atoms with Crippen molar-refractivity contribution in [2.24, 2.45) is 0 Å². The molecular weight excluding hydrogens is 401 g/mol. The highest BCUT2D eigenvalue weighted by atomic mass is 35.5. The molecule has 0 spiro atoms. The number of anilines is 1. The predicted molar refractivity (Wildman–Crippen MR) is 114 cm³/mol. The first-order valence-electron chi connectivity index (χ1n) is 9.16. The Bertz CT molecular complexity index is 714. The zero-order valence-corrected chi connectivity index (χ0v) is 18.5. The number of aryl methyl sites for hydroxylation is 1. The number of likely N-dealkylation sites (N-methyl/N-ethyl adjacent to an activating group) is 1. The molecule has 2 rings (SSSR count). The lowest BCUT2D eigenvalue weighted by Crippen LogP contribution is -2.67. The maximum absolute atomic E-state index is 12.5. The highest BCUT2D eigenvalue weighted by Crippen LogP contribution is 2.22. The molecule has 1 aromatic carbocycles. The number of halogens is 2. The maximum atomic E-state index is 12.5. The Hall–Kier alpha value is -1.38. The molecule has 3 atom stereocenters. The van der Waals surface area contributed by atoms with E-state index < -0.39 is 16.7 Å². The Labute approximate surface area is 176 Å². The summed E-state index contributed by atoms with van der Waals surface area (Å²) < 4.78 is 0. The molecule has 2 amide bonds. The van der Waals surface area contributed by atoms with Crippen molar-refractivity contribution in [2.45, 2.75) is 30.3 Å². The van der Waals surface area contributed by atoms with Gasteiger partial charge in [0.25, 0.3) is 5.91 Å². The van der Waals surface area contributed by atoms with Gasteiger partial charge in [0.15, 0.2) is 0 Å². The van der Waals surface area contributed by atoms with E-state index in [1.54, 1.807) is 0 Å². The van der Waals surface area contributed by atoms with Gasteiger partial charge in [0, 0.05) is 12.2 Å². The topological polar surface area (TPSA) is 67.9 Å². The van der Waals surface area contributed by atoms with E-state index in [0.717, 1.165) is 13.0 Å². The van der Waals surface area contributed by atoms with Gasteiger partial charge >= 0.3 is 0 Å². The van der Waals surface area contributed by atoms with Crippen LogP contribution in [0.1, 0.15) is 11.1 Å². The maximum Gasteiger partial charge on any atom is 0.256 e. The fourth-order valence-electron chi connectivity index (χ4n) is 2.97. The summed E-state index contributed by atoms with van der Waals surface area (Å²) >= 11 is 12.4. The number of benzene rings is 1. The zero-order chi connectivity index (χ0) is 21.0. The van der Waals surface area contributed by atoms with Crippen molar-refractivity contribution < 1.29 is 9.59 Å². The number of carbonyl (C=O) groups is 2. The average molecular weight is 430 g/mol. The summed E-state index contributed by atoms with van der Waals surface area (Å²) in [7, 11) is 7.71. The van der Waals surface area contributed by atoms with Crippen molar-refractivity contribution in [2.75, 3.05) is 46.6 Å². The smallest absolute Gasteiger partial charge is 0.256 e. The highest BCUT2D eigenvalue weighted by Gasteiger charge is 2.42. The van der Waals surface area contributed by atoms with Crippen molar-refractivity contribution in [1.29, 1.82) is 0 Å². The van der Waals surface area contributed by atoms with Crippen LogP contribution in [0.25, 0.3) is 0 Å². The average Bonchev–Trinajstić information content (AvgIpc) is 2.62. The van der Waals surface area contributed by atoms with Gasteiger partial charge in [-0.15, -0.1) is 23.2 Å². The Morgan fingerprint density at radius 3 is 2.54 bits per heavy atom. The van der Waals surface area contributed by atoms with Gasteiger partial charge in [-0.2, -0.15) is 0 Å². The minimum atomic E-state index is -0.903. The Kier molecular flexibility index (Phi) is 8.09. The van der Waals surface area contributed by atoms with Crippen molar-refractivity contribution in [3.63, 3.8) is 0 Å². The van der Waals surface area contributed by atoms with Crippen LogP contribution in [0, 0.1) is 6.92 Å². The summed E-state index contributed by atoms with van der Waals surface area (Å²) in [6, 6.07) is 5.82. The molecule has 1 aliphatic heterocycles. The summed E-state index contributed by atoms with van der Waals surface area (Å²) in [5.74, 6) is -0.719. The summed E-state index contributed by atoms with van der Waals surface area (Å²) in [6.45, 7) is 2.82. The number of alkyl halides is 2. The monoisotopic (exact) mass is 429 g/mol. The van der Waals surface area contributed by atoms with E-state index in [1.807, 2.05) is 51.3 Å². The second kappa shape index (κ2) is 9.89. The predicted octanol–water partition coefficient (Wildman–Crippen LogP) is 1.49. The molecule has 1 aliphatic rings. The van der Waals surface area contributed by atoms with Crippen LogP contribution < -0.4 is 10.7 Å². The molecule has 7 nitrogen and oxygen atoms in total. The van der Waals surface area contributed by atoms with E-state index in [9.17, 15) is 9.59 Å². The minimum absolute atomic E-state index is 0.156. The third kappa shape index (κ3) is 5.81. The molecule has 0 bridgehead atoms. The van der Waals surface area contributed by atoms with Crippen molar-refractivity contribution in [1.82, 2.24) is 20.2 Å². The first-order chi connectivity index (χ1) is 13.1. The summed E-state index contributed by atoms with van der Waals surface area (Å²) in [4.78, 5) is 28.8. The van der Waals surface area contributed by atoms with Crippen molar-refractivity contribution in [3.8, 4) is 0 Å². The van der Waals surface area contributed by atoms with Crippen LogP contribution in [0.15, 0.2) is 18.2 Å². The Balaban J connectivity index is 2.03. The number of rotatable bonds is 7. The molecule has 9 heteroatoms. The number of nitrogens with zero attached hydrogens (tertiary/aromatic N) is 3. The molecule has 3 unspecified atom stereocenters. The van der Waals surface area contributed by atoms with Crippen LogP contribution in [0.2, 0.25) is 0 Å². The lowest BCUT2D eigenvalue weighted by Gasteiger charge is -2.41. The van der Waals surface area contributed by atoms with E-state index in [-0.39, 0.29) is 18.6 Å².